The summed E-state index contributed by atoms with van der Waals surface area (Å²) in [6.45, 7) is 2.44. The van der Waals surface area contributed by atoms with Crippen LogP contribution in [-0.4, -0.2) is 42.7 Å². The summed E-state index contributed by atoms with van der Waals surface area (Å²) in [4.78, 5) is 31.1. The fourth-order valence-electron chi connectivity index (χ4n) is 2.62. The average molecular weight is 396 g/mol. The van der Waals surface area contributed by atoms with Gasteiger partial charge in [0.25, 0.3) is 5.91 Å². The van der Waals surface area contributed by atoms with Crippen LogP contribution >= 0.6 is 11.8 Å². The van der Waals surface area contributed by atoms with Gasteiger partial charge in [-0.3, -0.25) is 9.69 Å². The molecule has 1 amide bonds. The SMILES string of the molecule is CCN1C(=O)C(=Cc2ccc(C(=O)OC)cc2)SC1=Nc1ccc(OC)cc1. The molecule has 144 valence electrons. The van der Waals surface area contributed by atoms with Crippen molar-refractivity contribution in [1.29, 1.82) is 0 Å². The van der Waals surface area contributed by atoms with E-state index >= 15 is 0 Å². The first kappa shape index (κ1) is 19.7. The van der Waals surface area contributed by atoms with Gasteiger partial charge >= 0.3 is 5.97 Å². The first-order valence-corrected chi connectivity index (χ1v) is 9.50. The third kappa shape index (κ3) is 4.26. The number of thioether (sulfide) groups is 1. The van der Waals surface area contributed by atoms with E-state index < -0.39 is 5.97 Å². The summed E-state index contributed by atoms with van der Waals surface area (Å²) >= 11 is 1.33. The van der Waals surface area contributed by atoms with Crippen molar-refractivity contribution in [3.8, 4) is 5.75 Å². The Morgan fingerprint density at radius 3 is 2.36 bits per heavy atom. The summed E-state index contributed by atoms with van der Waals surface area (Å²) < 4.78 is 9.85. The number of hydrogen-bond acceptors (Lipinski definition) is 6. The summed E-state index contributed by atoms with van der Waals surface area (Å²) in [6.07, 6.45) is 1.80. The molecule has 28 heavy (non-hydrogen) atoms. The van der Waals surface area contributed by atoms with Gasteiger partial charge in [0.2, 0.25) is 0 Å². The predicted molar refractivity (Wildman–Crippen MR) is 111 cm³/mol. The van der Waals surface area contributed by atoms with Gasteiger partial charge in [0.05, 0.1) is 30.4 Å². The van der Waals surface area contributed by atoms with E-state index in [4.69, 9.17) is 9.47 Å². The lowest BCUT2D eigenvalue weighted by molar-refractivity contribution is -0.122. The molecule has 6 nitrogen and oxygen atoms in total. The molecule has 7 heteroatoms. The normalized spacial score (nSPS) is 16.7. The van der Waals surface area contributed by atoms with Crippen LogP contribution in [0.5, 0.6) is 5.75 Å². The number of nitrogens with zero attached hydrogens (tertiary/aromatic N) is 2. The minimum absolute atomic E-state index is 0.0863. The summed E-state index contributed by atoms with van der Waals surface area (Å²) in [5, 5.41) is 0.634. The van der Waals surface area contributed by atoms with Crippen molar-refractivity contribution >= 4 is 40.6 Å². The van der Waals surface area contributed by atoms with Crippen molar-refractivity contribution in [2.75, 3.05) is 20.8 Å². The van der Waals surface area contributed by atoms with Gasteiger partial charge in [-0.05, 0) is 66.7 Å². The number of aliphatic imine (C=N–C) groups is 1. The molecule has 0 aromatic heterocycles. The Morgan fingerprint density at radius 2 is 1.79 bits per heavy atom. The molecule has 0 saturated carbocycles. The van der Waals surface area contributed by atoms with E-state index in [-0.39, 0.29) is 5.91 Å². The second-order valence-corrected chi connectivity index (χ2v) is 6.88. The molecule has 1 fully saturated rings. The van der Waals surface area contributed by atoms with E-state index in [1.807, 2.05) is 31.2 Å². The maximum Gasteiger partial charge on any atom is 0.337 e. The molecular weight excluding hydrogens is 376 g/mol. The third-order valence-electron chi connectivity index (χ3n) is 4.13. The Bertz CT molecular complexity index is 934. The number of methoxy groups -OCH3 is 2. The Labute approximate surface area is 167 Å². The fourth-order valence-corrected chi connectivity index (χ4v) is 3.68. The molecule has 0 aliphatic carbocycles. The Kier molecular flexibility index (Phi) is 6.16. The van der Waals surface area contributed by atoms with Crippen molar-refractivity contribution < 1.29 is 19.1 Å². The highest BCUT2D eigenvalue weighted by molar-refractivity contribution is 8.18. The Balaban J connectivity index is 1.85. The smallest absolute Gasteiger partial charge is 0.337 e. The molecule has 0 atom stereocenters. The van der Waals surface area contributed by atoms with Gasteiger partial charge in [0.1, 0.15) is 5.75 Å². The quantitative estimate of drug-likeness (QED) is 0.562. The predicted octanol–water partition coefficient (Wildman–Crippen LogP) is 4.11. The average Bonchev–Trinajstić information content (AvgIpc) is 3.02. The molecule has 1 aliphatic heterocycles. The van der Waals surface area contributed by atoms with Crippen LogP contribution in [0.25, 0.3) is 6.08 Å². The van der Waals surface area contributed by atoms with E-state index in [0.29, 0.717) is 22.2 Å². The lowest BCUT2D eigenvalue weighted by atomic mass is 10.1. The number of rotatable bonds is 5. The molecular formula is C21H20N2O4S. The largest absolute Gasteiger partial charge is 0.497 e. The second kappa shape index (κ2) is 8.75. The van der Waals surface area contributed by atoms with Crippen LogP contribution in [0.15, 0.2) is 58.4 Å². The van der Waals surface area contributed by atoms with Crippen LogP contribution in [-0.2, 0) is 9.53 Å². The van der Waals surface area contributed by atoms with Crippen molar-refractivity contribution in [3.05, 3.63) is 64.6 Å². The summed E-state index contributed by atoms with van der Waals surface area (Å²) in [5.41, 5.74) is 2.04. The number of carbonyl (C=O) groups excluding carboxylic acids is 2. The molecule has 0 unspecified atom stereocenters. The zero-order valence-electron chi connectivity index (χ0n) is 15.8. The third-order valence-corrected chi connectivity index (χ3v) is 5.14. The summed E-state index contributed by atoms with van der Waals surface area (Å²) in [7, 11) is 2.95. The first-order valence-electron chi connectivity index (χ1n) is 8.68. The number of benzene rings is 2. The van der Waals surface area contributed by atoms with Crippen molar-refractivity contribution in [2.45, 2.75) is 6.92 Å². The maximum atomic E-state index is 12.7. The van der Waals surface area contributed by atoms with E-state index in [0.717, 1.165) is 17.0 Å². The Morgan fingerprint density at radius 1 is 1.11 bits per heavy atom. The lowest BCUT2D eigenvalue weighted by Crippen LogP contribution is -2.28. The molecule has 1 saturated heterocycles. The highest BCUT2D eigenvalue weighted by Gasteiger charge is 2.32. The summed E-state index contributed by atoms with van der Waals surface area (Å²) in [5.74, 6) is 0.274. The van der Waals surface area contributed by atoms with Crippen LogP contribution in [0, 0.1) is 0 Å². The Hall–Kier alpha value is -3.06. The topological polar surface area (TPSA) is 68.2 Å². The van der Waals surface area contributed by atoms with Gasteiger partial charge in [0.15, 0.2) is 5.17 Å². The van der Waals surface area contributed by atoms with Gasteiger partial charge in [0, 0.05) is 6.54 Å². The van der Waals surface area contributed by atoms with Gasteiger partial charge in [-0.15, -0.1) is 0 Å². The molecule has 2 aromatic rings. The van der Waals surface area contributed by atoms with E-state index in [2.05, 4.69) is 4.99 Å². The molecule has 0 spiro atoms. The number of likely N-dealkylation sites (N-methyl/N-ethyl adjacent to an activating group) is 1. The van der Waals surface area contributed by atoms with Crippen LogP contribution < -0.4 is 4.74 Å². The van der Waals surface area contributed by atoms with Gasteiger partial charge < -0.3 is 9.47 Å². The number of esters is 1. The lowest BCUT2D eigenvalue weighted by Gasteiger charge is -2.12. The van der Waals surface area contributed by atoms with Crippen molar-refractivity contribution in [1.82, 2.24) is 4.90 Å². The van der Waals surface area contributed by atoms with Crippen molar-refractivity contribution in [2.24, 2.45) is 4.99 Å². The van der Waals surface area contributed by atoms with Gasteiger partial charge in [-0.1, -0.05) is 12.1 Å². The number of amidine groups is 1. The van der Waals surface area contributed by atoms with Crippen LogP contribution in [0.4, 0.5) is 5.69 Å². The molecule has 0 bridgehead atoms. The van der Waals surface area contributed by atoms with E-state index in [9.17, 15) is 9.59 Å². The second-order valence-electron chi connectivity index (χ2n) is 5.87. The zero-order chi connectivity index (χ0) is 20.1. The van der Waals surface area contributed by atoms with Crippen molar-refractivity contribution in [3.63, 3.8) is 0 Å². The minimum Gasteiger partial charge on any atom is -0.497 e. The highest BCUT2D eigenvalue weighted by Crippen LogP contribution is 2.34. The first-order chi connectivity index (χ1) is 13.5. The molecule has 2 aromatic carbocycles. The van der Waals surface area contributed by atoms with Crippen LogP contribution in [0.3, 0.4) is 0 Å². The number of amides is 1. The molecule has 0 N–H and O–H groups in total. The zero-order valence-corrected chi connectivity index (χ0v) is 16.7. The molecule has 1 heterocycles. The van der Waals surface area contributed by atoms with Gasteiger partial charge in [-0.2, -0.15) is 0 Å². The maximum absolute atomic E-state index is 12.7. The standard InChI is InChI=1S/C21H20N2O4S/c1-4-23-19(24)18(13-14-5-7-15(8-6-14)20(25)27-3)28-21(23)22-16-9-11-17(26-2)12-10-16/h5-13H,4H2,1-3H3. The molecule has 3 rings (SSSR count). The highest BCUT2D eigenvalue weighted by atomic mass is 32.2. The van der Waals surface area contributed by atoms with E-state index in [1.165, 1.54) is 18.9 Å². The number of carbonyl (C=O) groups is 2. The summed E-state index contributed by atoms with van der Waals surface area (Å²) in [6, 6.07) is 14.3. The van der Waals surface area contributed by atoms with Crippen LogP contribution in [0.2, 0.25) is 0 Å². The van der Waals surface area contributed by atoms with Crippen LogP contribution in [0.1, 0.15) is 22.8 Å². The molecule has 0 radical (unpaired) electrons. The number of hydrogen-bond donors (Lipinski definition) is 0. The monoisotopic (exact) mass is 396 g/mol. The minimum atomic E-state index is -0.392. The fraction of sp³-hybridized carbons (Fsp3) is 0.190. The molecule has 1 aliphatic rings. The number of ether oxygens (including phenoxy) is 2. The van der Waals surface area contributed by atoms with Gasteiger partial charge in [-0.25, -0.2) is 9.79 Å². The van der Waals surface area contributed by atoms with E-state index in [1.54, 1.807) is 42.4 Å².